The van der Waals surface area contributed by atoms with Crippen molar-refractivity contribution in [3.8, 4) is 17.2 Å². The molecule has 7 nitrogen and oxygen atoms in total. The van der Waals surface area contributed by atoms with Crippen molar-refractivity contribution >= 4 is 17.5 Å². The van der Waals surface area contributed by atoms with Crippen molar-refractivity contribution in [2.24, 2.45) is 0 Å². The second kappa shape index (κ2) is 7.89. The molecule has 0 atom stereocenters. The molecule has 3 aromatic rings. The molecule has 1 amide bonds. The maximum absolute atomic E-state index is 14.4. The summed E-state index contributed by atoms with van der Waals surface area (Å²) in [7, 11) is 0. The van der Waals surface area contributed by atoms with Gasteiger partial charge in [0.1, 0.15) is 5.82 Å². The minimum absolute atomic E-state index is 0.00959. The van der Waals surface area contributed by atoms with Gasteiger partial charge in [0.2, 0.25) is 5.95 Å². The molecule has 3 aliphatic rings. The number of morpholine rings is 1. The normalized spacial score (nSPS) is 18.0. The number of benzene rings is 2. The van der Waals surface area contributed by atoms with Crippen molar-refractivity contribution < 1.29 is 13.9 Å². The molecule has 1 saturated carbocycles. The van der Waals surface area contributed by atoms with Crippen LogP contribution in [0.3, 0.4) is 0 Å². The first-order valence-corrected chi connectivity index (χ1v) is 11.4. The van der Waals surface area contributed by atoms with Gasteiger partial charge >= 0.3 is 0 Å². The van der Waals surface area contributed by atoms with E-state index in [9.17, 15) is 9.18 Å². The van der Waals surface area contributed by atoms with E-state index >= 15 is 0 Å². The van der Waals surface area contributed by atoms with E-state index < -0.39 is 5.82 Å². The van der Waals surface area contributed by atoms with Gasteiger partial charge in [0, 0.05) is 59.8 Å². The van der Waals surface area contributed by atoms with E-state index in [0.717, 1.165) is 25.1 Å². The summed E-state index contributed by atoms with van der Waals surface area (Å²) >= 11 is 0. The summed E-state index contributed by atoms with van der Waals surface area (Å²) in [5, 5.41) is 8.96. The highest BCUT2D eigenvalue weighted by molar-refractivity contribution is 5.96. The number of rotatable bonds is 3. The van der Waals surface area contributed by atoms with Gasteiger partial charge in [-0.25, -0.2) is 14.4 Å². The van der Waals surface area contributed by atoms with Crippen molar-refractivity contribution in [2.45, 2.75) is 18.3 Å². The summed E-state index contributed by atoms with van der Waals surface area (Å²) in [6.45, 7) is 3.08. The van der Waals surface area contributed by atoms with E-state index in [4.69, 9.17) is 10.00 Å². The van der Waals surface area contributed by atoms with Crippen LogP contribution in [0.2, 0.25) is 0 Å². The standard InChI is InChI=1S/C26H22FN5O2/c27-22-11-17(13-28)1-3-20(22)19-14-29-25(30-15-19)32-16-26(5-6-26)21-4-2-18(12-23(21)32)24(33)31-7-9-34-10-8-31/h1-4,11-12,14-15H,5-10,16H2. The molecule has 6 rings (SSSR count). The molecule has 1 aliphatic carbocycles. The van der Waals surface area contributed by atoms with Crippen LogP contribution in [0.1, 0.15) is 34.3 Å². The number of hydrogen-bond donors (Lipinski definition) is 0. The van der Waals surface area contributed by atoms with E-state index in [2.05, 4.69) is 20.9 Å². The number of ether oxygens (including phenoxy) is 1. The number of nitrogens with zero attached hydrogens (tertiary/aromatic N) is 5. The van der Waals surface area contributed by atoms with Crippen molar-refractivity contribution in [1.29, 1.82) is 5.26 Å². The molecule has 1 spiro atoms. The Labute approximate surface area is 196 Å². The van der Waals surface area contributed by atoms with Crippen molar-refractivity contribution in [1.82, 2.24) is 14.9 Å². The zero-order valence-electron chi connectivity index (χ0n) is 18.5. The number of aromatic nitrogens is 2. The molecule has 8 heteroatoms. The Bertz CT molecular complexity index is 1320. The zero-order chi connectivity index (χ0) is 23.3. The predicted octanol–water partition coefficient (Wildman–Crippen LogP) is 3.81. The van der Waals surface area contributed by atoms with Crippen molar-refractivity contribution in [2.75, 3.05) is 37.7 Å². The molecule has 0 N–H and O–H groups in total. The van der Waals surface area contributed by atoms with Gasteiger partial charge in [-0.1, -0.05) is 12.1 Å². The van der Waals surface area contributed by atoms with Gasteiger partial charge in [0.05, 0.1) is 24.8 Å². The number of nitriles is 1. The summed E-state index contributed by atoms with van der Waals surface area (Å²) in [6.07, 6.45) is 5.41. The van der Waals surface area contributed by atoms with E-state index in [1.165, 1.54) is 11.6 Å². The third-order valence-corrected chi connectivity index (χ3v) is 7.01. The van der Waals surface area contributed by atoms with Gasteiger partial charge < -0.3 is 14.5 Å². The highest BCUT2D eigenvalue weighted by Gasteiger charge is 2.52. The summed E-state index contributed by atoms with van der Waals surface area (Å²) in [5.74, 6) is 0.0549. The summed E-state index contributed by atoms with van der Waals surface area (Å²) in [4.78, 5) is 26.1. The molecule has 2 aromatic carbocycles. The number of carbonyl (C=O) groups is 1. The van der Waals surface area contributed by atoms with Crippen LogP contribution >= 0.6 is 0 Å². The molecule has 1 saturated heterocycles. The van der Waals surface area contributed by atoms with Gasteiger partial charge in [0.15, 0.2) is 0 Å². The van der Waals surface area contributed by atoms with Crippen molar-refractivity contribution in [3.05, 3.63) is 71.3 Å². The Balaban J connectivity index is 1.32. The quantitative estimate of drug-likeness (QED) is 0.597. The van der Waals surface area contributed by atoms with E-state index in [-0.39, 0.29) is 16.9 Å². The molecular formula is C26H22FN5O2. The number of amides is 1. The first-order chi connectivity index (χ1) is 16.6. The van der Waals surface area contributed by atoms with Gasteiger partial charge in [-0.05, 0) is 42.7 Å². The molecule has 1 aromatic heterocycles. The predicted molar refractivity (Wildman–Crippen MR) is 123 cm³/mol. The monoisotopic (exact) mass is 455 g/mol. The van der Waals surface area contributed by atoms with Crippen LogP contribution in [0, 0.1) is 17.1 Å². The molecular weight excluding hydrogens is 433 g/mol. The lowest BCUT2D eigenvalue weighted by atomic mass is 9.97. The number of fused-ring (bicyclic) bond motifs is 2. The largest absolute Gasteiger partial charge is 0.378 e. The topological polar surface area (TPSA) is 82.4 Å². The highest BCUT2D eigenvalue weighted by atomic mass is 19.1. The molecule has 3 heterocycles. The third kappa shape index (κ3) is 3.40. The third-order valence-electron chi connectivity index (χ3n) is 7.01. The lowest BCUT2D eigenvalue weighted by Crippen LogP contribution is -2.40. The molecule has 34 heavy (non-hydrogen) atoms. The second-order valence-corrected chi connectivity index (χ2v) is 9.08. The van der Waals surface area contributed by atoms with Crippen LogP contribution in [0.15, 0.2) is 48.8 Å². The summed E-state index contributed by atoms with van der Waals surface area (Å²) < 4.78 is 19.8. The fraction of sp³-hybridized carbons (Fsp3) is 0.308. The van der Waals surface area contributed by atoms with Gasteiger partial charge in [-0.2, -0.15) is 5.26 Å². The van der Waals surface area contributed by atoms with E-state index in [1.54, 1.807) is 24.5 Å². The highest BCUT2D eigenvalue weighted by Crippen LogP contribution is 2.57. The maximum atomic E-state index is 14.4. The van der Waals surface area contributed by atoms with Crippen LogP contribution in [-0.2, 0) is 10.2 Å². The van der Waals surface area contributed by atoms with Crippen LogP contribution in [-0.4, -0.2) is 53.6 Å². The number of halogens is 1. The smallest absolute Gasteiger partial charge is 0.254 e. The average Bonchev–Trinajstić information content (AvgIpc) is 3.60. The number of hydrogen-bond acceptors (Lipinski definition) is 6. The van der Waals surface area contributed by atoms with Crippen molar-refractivity contribution in [3.63, 3.8) is 0 Å². The molecule has 170 valence electrons. The van der Waals surface area contributed by atoms with Gasteiger partial charge in [-0.3, -0.25) is 4.79 Å². The Hall–Kier alpha value is -3.83. The summed E-state index contributed by atoms with van der Waals surface area (Å²) in [5.41, 5.74) is 4.11. The van der Waals surface area contributed by atoms with E-state index in [1.807, 2.05) is 23.1 Å². The Morgan fingerprint density at radius 2 is 1.85 bits per heavy atom. The average molecular weight is 455 g/mol. The van der Waals surface area contributed by atoms with Gasteiger partial charge in [-0.15, -0.1) is 0 Å². The first-order valence-electron chi connectivity index (χ1n) is 11.4. The zero-order valence-corrected chi connectivity index (χ0v) is 18.5. The maximum Gasteiger partial charge on any atom is 0.254 e. The Morgan fingerprint density at radius 1 is 1.09 bits per heavy atom. The molecule has 2 fully saturated rings. The minimum atomic E-state index is -0.481. The number of carbonyl (C=O) groups excluding carboxylic acids is 1. The fourth-order valence-corrected chi connectivity index (χ4v) is 4.93. The molecule has 0 unspecified atom stereocenters. The van der Waals surface area contributed by atoms with Crippen LogP contribution < -0.4 is 4.90 Å². The van der Waals surface area contributed by atoms with E-state index in [0.29, 0.717) is 48.9 Å². The first kappa shape index (κ1) is 20.8. The Morgan fingerprint density at radius 3 is 2.53 bits per heavy atom. The molecule has 0 radical (unpaired) electrons. The fourth-order valence-electron chi connectivity index (χ4n) is 4.93. The SMILES string of the molecule is N#Cc1ccc(-c2cnc(N3CC4(CC4)c4ccc(C(=O)N5CCOCC5)cc43)nc2)c(F)c1. The summed E-state index contributed by atoms with van der Waals surface area (Å²) in [6, 6.07) is 12.3. The Kier molecular flexibility index (Phi) is 4.82. The molecule has 0 bridgehead atoms. The lowest BCUT2D eigenvalue weighted by Gasteiger charge is -2.27. The second-order valence-electron chi connectivity index (χ2n) is 9.08. The van der Waals surface area contributed by atoms with Gasteiger partial charge in [0.25, 0.3) is 5.91 Å². The lowest BCUT2D eigenvalue weighted by molar-refractivity contribution is 0.0303. The van der Waals surface area contributed by atoms with Crippen LogP contribution in [0.4, 0.5) is 16.0 Å². The van der Waals surface area contributed by atoms with Crippen LogP contribution in [0.25, 0.3) is 11.1 Å². The minimum Gasteiger partial charge on any atom is -0.378 e. The molecule has 2 aliphatic heterocycles. The number of anilines is 2. The van der Waals surface area contributed by atoms with Crippen LogP contribution in [0.5, 0.6) is 0 Å².